The van der Waals surface area contributed by atoms with E-state index in [-0.39, 0.29) is 11.7 Å². The van der Waals surface area contributed by atoms with E-state index in [9.17, 15) is 19.4 Å². The molecule has 7 nitrogen and oxygen atoms in total. The summed E-state index contributed by atoms with van der Waals surface area (Å²) in [5.74, 6) is -0.117. The Balaban J connectivity index is 1.86. The van der Waals surface area contributed by atoms with Gasteiger partial charge in [-0.1, -0.05) is 24.3 Å². The van der Waals surface area contributed by atoms with Crippen molar-refractivity contribution in [3.05, 3.63) is 66.5 Å². The first-order chi connectivity index (χ1) is 16.3. The highest BCUT2D eigenvalue weighted by Crippen LogP contribution is 2.32. The fraction of sp³-hybridized carbons (Fsp3) is 0.423. The van der Waals surface area contributed by atoms with Gasteiger partial charge in [-0.15, -0.1) is 6.58 Å². The van der Waals surface area contributed by atoms with Crippen molar-refractivity contribution in [2.75, 3.05) is 13.7 Å². The number of methoxy groups -OCH3 is 1. The number of nitrogens with one attached hydrogen (secondary N) is 1. The molecule has 0 saturated carbocycles. The van der Waals surface area contributed by atoms with E-state index in [2.05, 4.69) is 11.9 Å². The molecule has 184 valence electrons. The molecular formula is C26H32FNO6. The number of benzene rings is 2. The minimum Gasteiger partial charge on any atom is -0.462 e. The molecule has 0 unspecified atom stereocenters. The van der Waals surface area contributed by atoms with Gasteiger partial charge in [-0.2, -0.15) is 0 Å². The summed E-state index contributed by atoms with van der Waals surface area (Å²) in [4.78, 5) is 11.3. The van der Waals surface area contributed by atoms with Crippen molar-refractivity contribution in [3.8, 4) is 16.9 Å². The van der Waals surface area contributed by atoms with Crippen molar-refractivity contribution in [3.63, 3.8) is 0 Å². The summed E-state index contributed by atoms with van der Waals surface area (Å²) in [5, 5.41) is 23.9. The van der Waals surface area contributed by atoms with Crippen molar-refractivity contribution in [2.24, 2.45) is 0 Å². The first kappa shape index (κ1) is 25.8. The third kappa shape index (κ3) is 6.42. The van der Waals surface area contributed by atoms with Gasteiger partial charge in [0, 0.05) is 20.6 Å². The number of amides is 1. The molecule has 0 aromatic heterocycles. The maximum absolute atomic E-state index is 13.9. The predicted molar refractivity (Wildman–Crippen MR) is 126 cm³/mol. The summed E-state index contributed by atoms with van der Waals surface area (Å²) in [6.45, 7) is 5.59. The Labute approximate surface area is 199 Å². The zero-order valence-corrected chi connectivity index (χ0v) is 19.4. The molecule has 1 fully saturated rings. The molecule has 0 bridgehead atoms. The minimum absolute atomic E-state index is 0.130. The summed E-state index contributed by atoms with van der Waals surface area (Å²) in [5.41, 5.74) is 2.27. The average Bonchev–Trinajstić information content (AvgIpc) is 2.81. The second kappa shape index (κ2) is 12.1. The van der Waals surface area contributed by atoms with Gasteiger partial charge in [0.2, 0.25) is 12.2 Å². The fourth-order valence-corrected chi connectivity index (χ4v) is 4.09. The first-order valence-electron chi connectivity index (χ1n) is 11.3. The third-order valence-corrected chi connectivity index (χ3v) is 5.81. The van der Waals surface area contributed by atoms with Gasteiger partial charge in [0.15, 0.2) is 0 Å². The Morgan fingerprint density at radius 3 is 2.71 bits per heavy atom. The van der Waals surface area contributed by atoms with Crippen molar-refractivity contribution >= 4 is 5.91 Å². The van der Waals surface area contributed by atoms with Gasteiger partial charge in [-0.3, -0.25) is 4.79 Å². The molecular weight excluding hydrogens is 441 g/mol. The molecule has 0 aliphatic carbocycles. The lowest BCUT2D eigenvalue weighted by Crippen LogP contribution is -2.59. The largest absolute Gasteiger partial charge is 0.462 e. The number of halogens is 1. The number of ether oxygens (including phenoxy) is 3. The maximum Gasteiger partial charge on any atom is 0.229 e. The van der Waals surface area contributed by atoms with E-state index in [1.54, 1.807) is 30.3 Å². The van der Waals surface area contributed by atoms with Crippen LogP contribution in [-0.4, -0.2) is 60.5 Å². The van der Waals surface area contributed by atoms with E-state index in [4.69, 9.17) is 14.2 Å². The number of allylic oxidation sites excluding steroid dienone is 1. The molecule has 2 aromatic carbocycles. The molecule has 3 N–H and O–H groups in total. The van der Waals surface area contributed by atoms with Crippen LogP contribution >= 0.6 is 0 Å². The Morgan fingerprint density at radius 2 is 2.03 bits per heavy atom. The van der Waals surface area contributed by atoms with Gasteiger partial charge in [0.05, 0.1) is 6.10 Å². The Morgan fingerprint density at radius 1 is 1.24 bits per heavy atom. The van der Waals surface area contributed by atoms with Gasteiger partial charge in [-0.05, 0) is 60.2 Å². The minimum atomic E-state index is -1.33. The molecule has 34 heavy (non-hydrogen) atoms. The molecule has 3 rings (SSSR count). The van der Waals surface area contributed by atoms with Crippen molar-refractivity contribution in [2.45, 2.75) is 56.9 Å². The number of carbonyl (C=O) groups is 1. The van der Waals surface area contributed by atoms with E-state index in [0.717, 1.165) is 11.1 Å². The summed E-state index contributed by atoms with van der Waals surface area (Å²) < 4.78 is 31.2. The van der Waals surface area contributed by atoms with E-state index in [0.29, 0.717) is 37.1 Å². The normalized spacial score (nSPS) is 24.4. The summed E-state index contributed by atoms with van der Waals surface area (Å²) >= 11 is 0. The van der Waals surface area contributed by atoms with E-state index < -0.39 is 30.7 Å². The molecule has 0 radical (unpaired) electrons. The van der Waals surface area contributed by atoms with Gasteiger partial charge in [0.25, 0.3) is 0 Å². The standard InChI is InChI=1S/C26H32FNO6/c1-4-5-9-22-25(32-3)23(30)24(31)26(34-22)33-20-11-10-17(12-13-28-16(2)29)21(15-20)18-7-6-8-19(27)14-18/h4,6-8,10-11,14-15,22-26,30-31H,1,5,9,12-13H2,2-3H3,(H,28,29)/t22-,23+,24-,25+,26-/m1/s1. The Hall–Kier alpha value is -2.78. The molecule has 1 aliphatic rings. The van der Waals surface area contributed by atoms with Crippen LogP contribution in [0.1, 0.15) is 25.3 Å². The van der Waals surface area contributed by atoms with Gasteiger partial charge in [-0.25, -0.2) is 4.39 Å². The van der Waals surface area contributed by atoms with Crippen LogP contribution in [0.2, 0.25) is 0 Å². The lowest BCUT2D eigenvalue weighted by molar-refractivity contribution is -0.277. The topological polar surface area (TPSA) is 97.3 Å². The quantitative estimate of drug-likeness (QED) is 0.459. The Kier molecular flexibility index (Phi) is 9.18. The maximum atomic E-state index is 13.9. The number of carbonyl (C=O) groups excluding carboxylic acids is 1. The number of hydrogen-bond acceptors (Lipinski definition) is 6. The van der Waals surface area contributed by atoms with Crippen molar-refractivity contribution in [1.82, 2.24) is 5.32 Å². The van der Waals surface area contributed by atoms with Crippen LogP contribution in [0.4, 0.5) is 4.39 Å². The highest BCUT2D eigenvalue weighted by atomic mass is 19.1. The molecule has 2 aromatic rings. The Bertz CT molecular complexity index is 984. The van der Waals surface area contributed by atoms with Crippen molar-refractivity contribution < 1.29 is 33.6 Å². The van der Waals surface area contributed by atoms with Crippen LogP contribution < -0.4 is 10.1 Å². The zero-order chi connectivity index (χ0) is 24.7. The molecule has 5 atom stereocenters. The third-order valence-electron chi connectivity index (χ3n) is 5.81. The van der Waals surface area contributed by atoms with Gasteiger partial charge < -0.3 is 29.7 Å². The zero-order valence-electron chi connectivity index (χ0n) is 19.4. The van der Waals surface area contributed by atoms with E-state index >= 15 is 0 Å². The van der Waals surface area contributed by atoms with Crippen LogP contribution in [0.5, 0.6) is 5.75 Å². The van der Waals surface area contributed by atoms with Crippen LogP contribution in [0.15, 0.2) is 55.1 Å². The molecule has 1 saturated heterocycles. The van der Waals surface area contributed by atoms with Crippen molar-refractivity contribution in [1.29, 1.82) is 0 Å². The van der Waals surface area contributed by atoms with Crippen LogP contribution in [0.25, 0.3) is 11.1 Å². The number of hydrogen-bond donors (Lipinski definition) is 3. The number of aliphatic hydroxyl groups excluding tert-OH is 2. The van der Waals surface area contributed by atoms with E-state index in [1.807, 2.05) is 6.07 Å². The van der Waals surface area contributed by atoms with Crippen LogP contribution in [0, 0.1) is 5.82 Å². The molecule has 1 heterocycles. The first-order valence-corrected chi connectivity index (χ1v) is 11.3. The molecule has 1 amide bonds. The lowest BCUT2D eigenvalue weighted by Gasteiger charge is -2.41. The van der Waals surface area contributed by atoms with Gasteiger partial charge >= 0.3 is 0 Å². The monoisotopic (exact) mass is 473 g/mol. The number of aliphatic hydroxyl groups is 2. The fourth-order valence-electron chi connectivity index (χ4n) is 4.09. The SMILES string of the molecule is C=CCC[C@H]1O[C@@H](Oc2ccc(CCNC(C)=O)c(-c3cccc(F)c3)c2)[C@H](O)[C@H](O)[C@H]1OC. The summed E-state index contributed by atoms with van der Waals surface area (Å²) in [6.07, 6.45) is -1.38. The lowest BCUT2D eigenvalue weighted by atomic mass is 9.95. The summed E-state index contributed by atoms with van der Waals surface area (Å²) in [7, 11) is 1.46. The van der Waals surface area contributed by atoms with Gasteiger partial charge in [0.1, 0.15) is 29.9 Å². The smallest absolute Gasteiger partial charge is 0.229 e. The van der Waals surface area contributed by atoms with Crippen LogP contribution in [0.3, 0.4) is 0 Å². The second-order valence-corrected chi connectivity index (χ2v) is 8.27. The highest BCUT2D eigenvalue weighted by Gasteiger charge is 2.45. The van der Waals surface area contributed by atoms with Crippen LogP contribution in [-0.2, 0) is 20.7 Å². The predicted octanol–water partition coefficient (Wildman–Crippen LogP) is 2.98. The molecule has 8 heteroatoms. The molecule has 1 aliphatic heterocycles. The highest BCUT2D eigenvalue weighted by molar-refractivity contribution is 5.73. The average molecular weight is 474 g/mol. The van der Waals surface area contributed by atoms with E-state index in [1.165, 1.54) is 26.2 Å². The molecule has 0 spiro atoms. The number of rotatable bonds is 10. The second-order valence-electron chi connectivity index (χ2n) is 8.27. The summed E-state index contributed by atoms with van der Waals surface area (Å²) in [6, 6.07) is 11.5.